The minimum atomic E-state index is -0.482. The fourth-order valence-electron chi connectivity index (χ4n) is 2.09. The first-order chi connectivity index (χ1) is 10.4. The predicted octanol–water partition coefficient (Wildman–Crippen LogP) is 3.58. The lowest BCUT2D eigenvalue weighted by Gasteiger charge is -2.08. The van der Waals surface area contributed by atoms with Crippen molar-refractivity contribution < 1.29 is 9.72 Å². The molecule has 0 aliphatic rings. The monoisotopic (exact) mass is 299 g/mol. The van der Waals surface area contributed by atoms with Gasteiger partial charge in [0.1, 0.15) is 0 Å². The first-order valence-electron chi connectivity index (χ1n) is 6.89. The zero-order valence-electron chi connectivity index (χ0n) is 12.7. The standard InChI is InChI=1S/C16H17N3O3/c1-11(2)18-10-17-9-14(18)6-7-16(20)13-5-4-12(3)15(8-13)19(21)22/h4-11H,1-3H3/b7-6+. The van der Waals surface area contributed by atoms with Crippen molar-refractivity contribution in [2.45, 2.75) is 26.8 Å². The van der Waals surface area contributed by atoms with Crippen molar-refractivity contribution in [3.05, 3.63) is 63.7 Å². The van der Waals surface area contributed by atoms with Crippen LogP contribution in [0.15, 0.2) is 36.8 Å². The molecular formula is C16H17N3O3. The van der Waals surface area contributed by atoms with Gasteiger partial charge in [-0.15, -0.1) is 0 Å². The predicted molar refractivity (Wildman–Crippen MR) is 83.8 cm³/mol. The van der Waals surface area contributed by atoms with Crippen LogP contribution in [0.3, 0.4) is 0 Å². The van der Waals surface area contributed by atoms with E-state index in [1.807, 2.05) is 18.4 Å². The average molecular weight is 299 g/mol. The Labute approximate surface area is 128 Å². The van der Waals surface area contributed by atoms with Crippen LogP contribution in [0.1, 0.15) is 41.5 Å². The number of nitrogens with zero attached hydrogens (tertiary/aromatic N) is 3. The van der Waals surface area contributed by atoms with Crippen LogP contribution in [0.2, 0.25) is 0 Å². The fraction of sp³-hybridized carbons (Fsp3) is 0.250. The summed E-state index contributed by atoms with van der Waals surface area (Å²) in [5.41, 5.74) is 1.59. The number of aromatic nitrogens is 2. The quantitative estimate of drug-likeness (QED) is 0.366. The highest BCUT2D eigenvalue weighted by molar-refractivity contribution is 6.07. The number of imidazole rings is 1. The molecular weight excluding hydrogens is 282 g/mol. The Hall–Kier alpha value is -2.76. The maximum absolute atomic E-state index is 12.2. The number of rotatable bonds is 5. The molecule has 22 heavy (non-hydrogen) atoms. The van der Waals surface area contributed by atoms with Gasteiger partial charge < -0.3 is 4.57 Å². The zero-order valence-corrected chi connectivity index (χ0v) is 12.7. The number of nitro groups is 1. The van der Waals surface area contributed by atoms with Gasteiger partial charge >= 0.3 is 0 Å². The van der Waals surface area contributed by atoms with Crippen LogP contribution < -0.4 is 0 Å². The van der Waals surface area contributed by atoms with Crippen molar-refractivity contribution in [3.63, 3.8) is 0 Å². The van der Waals surface area contributed by atoms with Gasteiger partial charge in [-0.2, -0.15) is 0 Å². The number of benzene rings is 1. The summed E-state index contributed by atoms with van der Waals surface area (Å²) in [6, 6.07) is 4.71. The third-order valence-corrected chi connectivity index (χ3v) is 3.35. The molecule has 114 valence electrons. The number of aryl methyl sites for hydroxylation is 1. The van der Waals surface area contributed by atoms with E-state index in [4.69, 9.17) is 0 Å². The summed E-state index contributed by atoms with van der Waals surface area (Å²) in [5.74, 6) is -0.278. The lowest BCUT2D eigenvalue weighted by Crippen LogP contribution is -2.02. The maximum atomic E-state index is 12.2. The molecule has 6 nitrogen and oxygen atoms in total. The lowest BCUT2D eigenvalue weighted by atomic mass is 10.1. The third-order valence-electron chi connectivity index (χ3n) is 3.35. The normalized spacial score (nSPS) is 11.3. The molecule has 0 atom stereocenters. The van der Waals surface area contributed by atoms with E-state index in [9.17, 15) is 14.9 Å². The molecule has 0 aliphatic heterocycles. The molecule has 0 N–H and O–H groups in total. The van der Waals surface area contributed by atoms with E-state index >= 15 is 0 Å². The Bertz CT molecular complexity index is 745. The molecule has 2 aromatic rings. The number of carbonyl (C=O) groups excluding carboxylic acids is 1. The Morgan fingerprint density at radius 3 is 2.77 bits per heavy atom. The molecule has 0 amide bonds. The molecule has 0 radical (unpaired) electrons. The summed E-state index contributed by atoms with van der Waals surface area (Å²) in [4.78, 5) is 26.7. The van der Waals surface area contributed by atoms with Crippen molar-refractivity contribution in [1.29, 1.82) is 0 Å². The number of hydrogen-bond donors (Lipinski definition) is 0. The van der Waals surface area contributed by atoms with E-state index in [1.54, 1.807) is 37.7 Å². The second-order valence-electron chi connectivity index (χ2n) is 5.28. The molecule has 2 rings (SSSR count). The molecule has 0 unspecified atom stereocenters. The van der Waals surface area contributed by atoms with Crippen LogP contribution in [0, 0.1) is 17.0 Å². The van der Waals surface area contributed by atoms with E-state index < -0.39 is 4.92 Å². The first-order valence-corrected chi connectivity index (χ1v) is 6.89. The number of ketones is 1. The van der Waals surface area contributed by atoms with Crippen LogP contribution >= 0.6 is 0 Å². The van der Waals surface area contributed by atoms with E-state index in [2.05, 4.69) is 4.98 Å². The highest BCUT2D eigenvalue weighted by Crippen LogP contribution is 2.20. The summed E-state index contributed by atoms with van der Waals surface area (Å²) in [5, 5.41) is 10.9. The summed E-state index contributed by atoms with van der Waals surface area (Å²) in [6.07, 6.45) is 6.44. The largest absolute Gasteiger partial charge is 0.329 e. The van der Waals surface area contributed by atoms with Gasteiger partial charge in [-0.05, 0) is 32.9 Å². The number of nitro benzene ring substituents is 1. The smallest absolute Gasteiger partial charge is 0.273 e. The topological polar surface area (TPSA) is 78.0 Å². The van der Waals surface area contributed by atoms with Gasteiger partial charge in [0.2, 0.25) is 0 Å². The molecule has 1 aromatic carbocycles. The highest BCUT2D eigenvalue weighted by atomic mass is 16.6. The van der Waals surface area contributed by atoms with E-state index in [-0.39, 0.29) is 17.5 Å². The van der Waals surface area contributed by atoms with Gasteiger partial charge in [-0.25, -0.2) is 4.98 Å². The van der Waals surface area contributed by atoms with Gasteiger partial charge in [-0.3, -0.25) is 14.9 Å². The van der Waals surface area contributed by atoms with Crippen molar-refractivity contribution in [1.82, 2.24) is 9.55 Å². The van der Waals surface area contributed by atoms with E-state index in [0.717, 1.165) is 5.69 Å². The minimum Gasteiger partial charge on any atom is -0.329 e. The molecule has 0 saturated carbocycles. The number of hydrogen-bond acceptors (Lipinski definition) is 4. The summed E-state index contributed by atoms with van der Waals surface area (Å²) < 4.78 is 1.93. The zero-order chi connectivity index (χ0) is 16.3. The van der Waals surface area contributed by atoms with Crippen LogP contribution in [-0.4, -0.2) is 20.3 Å². The van der Waals surface area contributed by atoms with E-state index in [0.29, 0.717) is 11.1 Å². The first kappa shape index (κ1) is 15.6. The molecule has 1 heterocycles. The molecule has 0 bridgehead atoms. The molecule has 0 spiro atoms. The van der Waals surface area contributed by atoms with Gasteiger partial charge in [0.15, 0.2) is 5.78 Å². The second-order valence-corrected chi connectivity index (χ2v) is 5.28. The van der Waals surface area contributed by atoms with Gasteiger partial charge in [0.05, 0.1) is 23.1 Å². The van der Waals surface area contributed by atoms with Crippen LogP contribution in [0.4, 0.5) is 5.69 Å². The molecule has 1 aromatic heterocycles. The average Bonchev–Trinajstić information content (AvgIpc) is 2.93. The van der Waals surface area contributed by atoms with Crippen molar-refractivity contribution >= 4 is 17.5 Å². The van der Waals surface area contributed by atoms with Gasteiger partial charge in [-0.1, -0.05) is 12.1 Å². The van der Waals surface area contributed by atoms with Crippen molar-refractivity contribution in [3.8, 4) is 0 Å². The third kappa shape index (κ3) is 3.28. The van der Waals surface area contributed by atoms with Crippen LogP contribution in [-0.2, 0) is 0 Å². The van der Waals surface area contributed by atoms with Gasteiger partial charge in [0, 0.05) is 23.2 Å². The van der Waals surface area contributed by atoms with Gasteiger partial charge in [0.25, 0.3) is 5.69 Å². The maximum Gasteiger partial charge on any atom is 0.273 e. The highest BCUT2D eigenvalue weighted by Gasteiger charge is 2.13. The summed E-state index contributed by atoms with van der Waals surface area (Å²) in [6.45, 7) is 5.68. The molecule has 0 aliphatic carbocycles. The van der Waals surface area contributed by atoms with Crippen molar-refractivity contribution in [2.24, 2.45) is 0 Å². The van der Waals surface area contributed by atoms with E-state index in [1.165, 1.54) is 12.1 Å². The second kappa shape index (κ2) is 6.34. The molecule has 6 heteroatoms. The van der Waals surface area contributed by atoms with Crippen LogP contribution in [0.25, 0.3) is 6.08 Å². The Kier molecular flexibility index (Phi) is 4.50. The molecule has 0 saturated heterocycles. The minimum absolute atomic E-state index is 0.0496. The van der Waals surface area contributed by atoms with Crippen molar-refractivity contribution in [2.75, 3.05) is 0 Å². The Balaban J connectivity index is 2.26. The summed E-state index contributed by atoms with van der Waals surface area (Å²) in [7, 11) is 0. The Morgan fingerprint density at radius 1 is 1.41 bits per heavy atom. The summed E-state index contributed by atoms with van der Waals surface area (Å²) >= 11 is 0. The number of carbonyl (C=O) groups is 1. The van der Waals surface area contributed by atoms with Crippen LogP contribution in [0.5, 0.6) is 0 Å². The SMILES string of the molecule is Cc1ccc(C(=O)/C=C/c2cncn2C(C)C)cc1[N+](=O)[O-]. The Morgan fingerprint density at radius 2 is 2.14 bits per heavy atom. The molecule has 0 fully saturated rings. The number of allylic oxidation sites excluding steroid dienone is 1. The fourth-order valence-corrected chi connectivity index (χ4v) is 2.09. The lowest BCUT2D eigenvalue weighted by molar-refractivity contribution is -0.385.